The third kappa shape index (κ3) is 3.89. The average Bonchev–Trinajstić information content (AvgIpc) is 2.49. The molecule has 0 aliphatic rings. The minimum absolute atomic E-state index is 0.00438. The molecule has 0 aliphatic carbocycles. The lowest BCUT2D eigenvalue weighted by Gasteiger charge is -2.16. The zero-order valence-corrected chi connectivity index (χ0v) is 14.0. The summed E-state index contributed by atoms with van der Waals surface area (Å²) in [6, 6.07) is 10.0. The number of rotatable bonds is 5. The highest BCUT2D eigenvalue weighted by molar-refractivity contribution is 9.09. The first-order valence-electron chi connectivity index (χ1n) is 6.35. The van der Waals surface area contributed by atoms with Gasteiger partial charge < -0.3 is 9.47 Å². The molecule has 2 rings (SSSR count). The molecule has 0 N–H and O–H groups in total. The van der Waals surface area contributed by atoms with E-state index in [0.717, 1.165) is 11.1 Å². The Balaban J connectivity index is 2.26. The largest absolute Gasteiger partial charge is 0.493 e. The highest BCUT2D eigenvalue weighted by atomic mass is 79.9. The Morgan fingerprint density at radius 1 is 1.10 bits per heavy atom. The number of alkyl halides is 1. The van der Waals surface area contributed by atoms with E-state index in [1.165, 1.54) is 12.1 Å². The van der Waals surface area contributed by atoms with Crippen LogP contribution in [0.2, 0.25) is 5.02 Å². The van der Waals surface area contributed by atoms with Crippen molar-refractivity contribution < 1.29 is 13.9 Å². The minimum atomic E-state index is -0.242. The van der Waals surface area contributed by atoms with Gasteiger partial charge in [-0.3, -0.25) is 0 Å². The van der Waals surface area contributed by atoms with Crippen LogP contribution in [0.3, 0.4) is 0 Å². The maximum atomic E-state index is 12.9. The molecule has 112 valence electrons. The molecule has 2 aromatic carbocycles. The van der Waals surface area contributed by atoms with Crippen LogP contribution >= 0.6 is 27.5 Å². The van der Waals surface area contributed by atoms with Crippen molar-refractivity contribution in [1.82, 2.24) is 0 Å². The van der Waals surface area contributed by atoms with E-state index in [4.69, 9.17) is 21.1 Å². The molecule has 0 aromatic heterocycles. The van der Waals surface area contributed by atoms with Gasteiger partial charge in [-0.1, -0.05) is 39.7 Å². The highest BCUT2D eigenvalue weighted by Gasteiger charge is 2.16. The monoisotopic (exact) mass is 372 g/mol. The highest BCUT2D eigenvalue weighted by Crippen LogP contribution is 2.39. The fraction of sp³-hybridized carbons (Fsp3) is 0.250. The Labute approximate surface area is 137 Å². The maximum Gasteiger partial charge on any atom is 0.162 e. The number of ether oxygens (including phenoxy) is 2. The fourth-order valence-electron chi connectivity index (χ4n) is 2.05. The van der Waals surface area contributed by atoms with Gasteiger partial charge in [-0.2, -0.15) is 0 Å². The van der Waals surface area contributed by atoms with Crippen LogP contribution < -0.4 is 9.47 Å². The summed E-state index contributed by atoms with van der Waals surface area (Å²) >= 11 is 9.93. The van der Waals surface area contributed by atoms with Crippen molar-refractivity contribution in [3.05, 3.63) is 58.4 Å². The smallest absolute Gasteiger partial charge is 0.162 e. The Morgan fingerprint density at radius 3 is 2.24 bits per heavy atom. The van der Waals surface area contributed by atoms with E-state index < -0.39 is 0 Å². The summed E-state index contributed by atoms with van der Waals surface area (Å²) in [5.74, 6) is 0.974. The van der Waals surface area contributed by atoms with E-state index in [0.29, 0.717) is 22.9 Å². The normalized spacial score (nSPS) is 12.0. The van der Waals surface area contributed by atoms with Gasteiger partial charge in [-0.05, 0) is 35.7 Å². The van der Waals surface area contributed by atoms with Crippen molar-refractivity contribution in [2.24, 2.45) is 0 Å². The van der Waals surface area contributed by atoms with E-state index >= 15 is 0 Å². The van der Waals surface area contributed by atoms with Crippen LogP contribution in [-0.2, 0) is 6.42 Å². The zero-order chi connectivity index (χ0) is 15.4. The van der Waals surface area contributed by atoms with Gasteiger partial charge in [-0.15, -0.1) is 0 Å². The first-order chi connectivity index (χ1) is 10.0. The summed E-state index contributed by atoms with van der Waals surface area (Å²) < 4.78 is 23.4. The van der Waals surface area contributed by atoms with Gasteiger partial charge in [0.15, 0.2) is 11.5 Å². The molecule has 0 fully saturated rings. The third-order valence-electron chi connectivity index (χ3n) is 3.17. The van der Waals surface area contributed by atoms with Crippen LogP contribution in [0.4, 0.5) is 4.39 Å². The van der Waals surface area contributed by atoms with Gasteiger partial charge >= 0.3 is 0 Å². The van der Waals surface area contributed by atoms with Crippen LogP contribution in [0.5, 0.6) is 11.5 Å². The van der Waals surface area contributed by atoms with Crippen LogP contribution in [0, 0.1) is 5.82 Å². The molecule has 2 aromatic rings. The summed E-state index contributed by atoms with van der Waals surface area (Å²) in [5, 5.41) is 0.594. The summed E-state index contributed by atoms with van der Waals surface area (Å²) in [6.45, 7) is 0. The topological polar surface area (TPSA) is 18.5 Å². The molecule has 5 heteroatoms. The molecule has 0 saturated carbocycles. The molecule has 0 amide bonds. The van der Waals surface area contributed by atoms with Crippen molar-refractivity contribution in [2.45, 2.75) is 11.2 Å². The zero-order valence-electron chi connectivity index (χ0n) is 11.7. The summed E-state index contributed by atoms with van der Waals surface area (Å²) in [4.78, 5) is -0.00438. The number of hydrogen-bond acceptors (Lipinski definition) is 2. The van der Waals surface area contributed by atoms with Crippen molar-refractivity contribution in [1.29, 1.82) is 0 Å². The molecule has 0 aliphatic heterocycles. The molecule has 1 atom stereocenters. The first-order valence-corrected chi connectivity index (χ1v) is 7.64. The van der Waals surface area contributed by atoms with Gasteiger partial charge in [-0.25, -0.2) is 4.39 Å². The second kappa shape index (κ2) is 7.14. The van der Waals surface area contributed by atoms with E-state index in [9.17, 15) is 4.39 Å². The fourth-order valence-corrected chi connectivity index (χ4v) is 3.22. The first kappa shape index (κ1) is 16.1. The number of benzene rings is 2. The molecule has 21 heavy (non-hydrogen) atoms. The van der Waals surface area contributed by atoms with Crippen LogP contribution in [0.1, 0.15) is 16.0 Å². The lowest BCUT2D eigenvalue weighted by Crippen LogP contribution is -1.99. The Kier molecular flexibility index (Phi) is 5.48. The summed E-state index contributed by atoms with van der Waals surface area (Å²) in [7, 11) is 3.15. The second-order valence-electron chi connectivity index (χ2n) is 4.53. The quantitative estimate of drug-likeness (QED) is 0.673. The Hall–Kier alpha value is -1.26. The predicted molar refractivity (Wildman–Crippen MR) is 86.3 cm³/mol. The summed E-state index contributed by atoms with van der Waals surface area (Å²) in [6.07, 6.45) is 0.690. The molecule has 1 unspecified atom stereocenters. The molecular formula is C16H15BrClFO2. The van der Waals surface area contributed by atoms with E-state index in [1.807, 2.05) is 6.07 Å². The second-order valence-corrected chi connectivity index (χ2v) is 6.04. The third-order valence-corrected chi connectivity index (χ3v) is 4.31. The average molecular weight is 374 g/mol. The van der Waals surface area contributed by atoms with E-state index in [1.54, 1.807) is 32.4 Å². The van der Waals surface area contributed by atoms with Crippen LogP contribution in [0.15, 0.2) is 36.4 Å². The number of halogens is 3. The molecule has 0 saturated heterocycles. The van der Waals surface area contributed by atoms with E-state index in [2.05, 4.69) is 15.9 Å². The van der Waals surface area contributed by atoms with Crippen LogP contribution in [0.25, 0.3) is 0 Å². The Bertz CT molecular complexity index is 616. The standard InChI is InChI=1S/C16H15BrClFO2/c1-20-15-8-12(14(18)9-16(15)21-2)13(17)7-10-3-5-11(19)6-4-10/h3-6,8-9,13H,7H2,1-2H3. The Morgan fingerprint density at radius 2 is 1.67 bits per heavy atom. The molecular weight excluding hydrogens is 359 g/mol. The minimum Gasteiger partial charge on any atom is -0.493 e. The van der Waals surface area contributed by atoms with Gasteiger partial charge in [0.1, 0.15) is 5.82 Å². The molecule has 0 radical (unpaired) electrons. The number of methoxy groups -OCH3 is 2. The van der Waals surface area contributed by atoms with Crippen molar-refractivity contribution in [3.63, 3.8) is 0 Å². The van der Waals surface area contributed by atoms with E-state index in [-0.39, 0.29) is 10.6 Å². The lowest BCUT2D eigenvalue weighted by molar-refractivity contribution is 0.354. The van der Waals surface area contributed by atoms with Gasteiger partial charge in [0, 0.05) is 15.9 Å². The summed E-state index contributed by atoms with van der Waals surface area (Å²) in [5.41, 5.74) is 1.92. The van der Waals surface area contributed by atoms with Gasteiger partial charge in [0.05, 0.1) is 14.2 Å². The van der Waals surface area contributed by atoms with Crippen molar-refractivity contribution >= 4 is 27.5 Å². The van der Waals surface area contributed by atoms with Gasteiger partial charge in [0.25, 0.3) is 0 Å². The molecule has 2 nitrogen and oxygen atoms in total. The number of hydrogen-bond donors (Lipinski definition) is 0. The van der Waals surface area contributed by atoms with Crippen molar-refractivity contribution in [2.75, 3.05) is 14.2 Å². The predicted octanol–water partition coefficient (Wildman–Crippen LogP) is 5.18. The van der Waals surface area contributed by atoms with Gasteiger partial charge in [0.2, 0.25) is 0 Å². The van der Waals surface area contributed by atoms with Crippen LogP contribution in [-0.4, -0.2) is 14.2 Å². The lowest BCUT2D eigenvalue weighted by atomic mass is 10.0. The molecule has 0 spiro atoms. The SMILES string of the molecule is COc1cc(Cl)c(C(Br)Cc2ccc(F)cc2)cc1OC. The molecule has 0 heterocycles. The molecule has 0 bridgehead atoms. The van der Waals surface area contributed by atoms with Crippen molar-refractivity contribution in [3.8, 4) is 11.5 Å². The maximum absolute atomic E-state index is 12.9.